The van der Waals surface area contributed by atoms with E-state index in [2.05, 4.69) is 163 Å². The van der Waals surface area contributed by atoms with Crippen LogP contribution in [0.4, 0.5) is 37.9 Å². The van der Waals surface area contributed by atoms with Crippen LogP contribution in [-0.4, -0.2) is 226 Å². The lowest BCUT2D eigenvalue weighted by molar-refractivity contribution is 0.0921. The first-order valence-corrected chi connectivity index (χ1v) is 49.2. The molecular formula is C108H101ClF2N32O6. The predicted molar refractivity (Wildman–Crippen MR) is 557 cm³/mol. The fourth-order valence-electron chi connectivity index (χ4n) is 19.3. The molecule has 5 amide bonds. The third-order valence-corrected chi connectivity index (χ3v) is 27.1. The summed E-state index contributed by atoms with van der Waals surface area (Å²) in [5, 5.41) is 41.7. The number of para-hydroxylation sites is 3. The summed E-state index contributed by atoms with van der Waals surface area (Å²) >= 11 is 5.72. The van der Waals surface area contributed by atoms with Crippen LogP contribution in [0.5, 0.6) is 0 Å². The molecule has 0 spiro atoms. The summed E-state index contributed by atoms with van der Waals surface area (Å²) in [6, 6.07) is 57.0. The number of oxazole rings is 1. The Hall–Kier alpha value is -18.5. The minimum atomic E-state index is -0.534. The summed E-state index contributed by atoms with van der Waals surface area (Å²) < 4.78 is 48.8. The number of aromatic nitrogens is 21. The molecule has 0 saturated carbocycles. The number of hydrogen-bond donors (Lipinski definition) is 5. The largest absolute Gasteiger partial charge is 0.444 e. The maximum absolute atomic E-state index is 13.7. The summed E-state index contributed by atoms with van der Waals surface area (Å²) in [5.74, 6) is 3.19. The van der Waals surface area contributed by atoms with E-state index in [1.165, 1.54) is 46.3 Å². The molecule has 0 aliphatic carbocycles. The third-order valence-electron chi connectivity index (χ3n) is 26.8. The Morgan fingerprint density at radius 3 is 1.30 bits per heavy atom. The van der Waals surface area contributed by atoms with Crippen molar-refractivity contribution in [3.8, 4) is 40.3 Å². The number of rotatable bonds is 21. The van der Waals surface area contributed by atoms with E-state index in [1.54, 1.807) is 94.2 Å². The molecule has 5 aliphatic heterocycles. The summed E-state index contributed by atoms with van der Waals surface area (Å²) in [6.07, 6.45) is 41.0. The normalized spacial score (nSPS) is 16.3. The summed E-state index contributed by atoms with van der Waals surface area (Å²) in [4.78, 5) is 110. The SMILES string of the molecule is Cc1ccccc1-n1cnc(C(=O)N[C@H]2CCN(c3nccn4cccc34)C2)n1.Cc1ccn2ccnc(N3CC[C@H](NC(=O)c4coc(-c5ccc(F)cc5)n4)C3)c12.Cc1ccn2ccnc(N3CC[C@H](NC(=O)c4ncn(-c5ccccc5)n4)C3)c12.N#CCc1ccccc1-n1ccc(C(=O)N[C@H]2CCN(c3nccn4cccc34)C2)n1.O=C(N[C@H]1CCN(c2nccn3cccc23)C1)c1ccn(-c2ccc(Cl)c(F)c2)n1. The first kappa shape index (κ1) is 96.6. The summed E-state index contributed by atoms with van der Waals surface area (Å²) in [5.41, 5.74) is 14.2. The van der Waals surface area contributed by atoms with Crippen LogP contribution in [0.1, 0.15) is 107 Å². The molecule has 0 radical (unpaired) electrons. The molecule has 20 aromatic rings. The second-order valence-electron chi connectivity index (χ2n) is 36.7. The van der Waals surface area contributed by atoms with Gasteiger partial charge in [-0.05, 0) is 196 Å². The molecule has 5 fully saturated rings. The molecule has 5 saturated heterocycles. The Bertz CT molecular complexity index is 8300. The van der Waals surface area contributed by atoms with Crippen molar-refractivity contribution in [2.45, 2.75) is 89.5 Å². The number of amides is 5. The van der Waals surface area contributed by atoms with E-state index < -0.39 is 5.82 Å². The smallest absolute Gasteiger partial charge is 0.291 e. The van der Waals surface area contributed by atoms with Gasteiger partial charge in [-0.3, -0.25) is 24.0 Å². The maximum Gasteiger partial charge on any atom is 0.291 e. The summed E-state index contributed by atoms with van der Waals surface area (Å²) in [6.45, 7) is 13.8. The van der Waals surface area contributed by atoms with Gasteiger partial charge in [0.05, 0.1) is 67.8 Å². The Kier molecular flexibility index (Phi) is 28.0. The van der Waals surface area contributed by atoms with Gasteiger partial charge < -0.3 is 77.5 Å². The molecular weight excluding hydrogens is 1910 g/mol. The number of nitrogens with zero attached hydrogens (tertiary/aromatic N) is 27. The van der Waals surface area contributed by atoms with E-state index in [9.17, 15) is 32.8 Å². The zero-order chi connectivity index (χ0) is 102. The molecule has 750 valence electrons. The van der Waals surface area contributed by atoms with Gasteiger partial charge in [0.2, 0.25) is 17.5 Å². The molecule has 5 atom stereocenters. The van der Waals surface area contributed by atoms with Gasteiger partial charge >= 0.3 is 0 Å². The molecule has 41 heteroatoms. The first-order valence-electron chi connectivity index (χ1n) is 48.8. The highest BCUT2D eigenvalue weighted by Crippen LogP contribution is 2.33. The standard InChI is InChI=1S/C23H21N7O.C22H20FN5O2.C21H18ClFN6O.2C21H21N7O/c24-10-7-17-4-1-2-5-20(17)30-14-9-19(27-30)23(31)26-18-8-13-29(16-18)22-21-6-3-12-28(21)15-11-25-22;1-14-6-9-27-11-8-24-20(19(14)27)28-10-7-17(12-28)25-21(29)18-13-30-22(26-18)15-2-4-16(23)5-3-15;22-16-4-3-15(12-17(16)23)29-10-6-18(26-29)21(30)25-14-5-9-28(13-14)20-19-2-1-8-27(19)11-7-24-20;1-15-5-2-3-6-17(15)28-14-23-19(25-28)21(29)24-16-8-11-27(13-16)20-18-7-4-10-26(18)12-9-22-20;1-15-7-10-26-12-9-22-20(18(15)26)27-11-8-16(13-27)24-21(29)19-23-14-28(25-19)17-5-3-2-4-6-17/h1-6,9,11-12,14-15,18H,7-8,13,16H2,(H,26,31);2-6,8-9,11,13,17H,7,10,12H2,1H3,(H,25,29);1-4,6-8,10-12,14H,5,9,13H2,(H,25,30);2*2-7,9-10,12,14,16H,8,11,13H2,1H3,(H,24,29)/t18-;17-;14-;2*16-/m00000/s1. The van der Waals surface area contributed by atoms with Gasteiger partial charge in [0, 0.05) is 213 Å². The number of nitrogens with one attached hydrogen (secondary N) is 5. The van der Waals surface area contributed by atoms with Gasteiger partial charge in [0.25, 0.3) is 29.5 Å². The Balaban J connectivity index is 0.000000109. The van der Waals surface area contributed by atoms with Crippen LogP contribution in [0.2, 0.25) is 5.02 Å². The van der Waals surface area contributed by atoms with Crippen LogP contribution < -0.4 is 51.1 Å². The van der Waals surface area contributed by atoms with Crippen LogP contribution in [-0.2, 0) is 6.42 Å². The number of anilines is 5. The number of hydrogen-bond acceptors (Lipinski definition) is 24. The fraction of sp³-hybridized carbons (Fsp3) is 0.222. The van der Waals surface area contributed by atoms with Crippen LogP contribution >= 0.6 is 11.6 Å². The molecule has 20 heterocycles. The monoisotopic (exact) mass is 2010 g/mol. The Morgan fingerprint density at radius 2 is 0.805 bits per heavy atom. The second kappa shape index (κ2) is 43.2. The highest BCUT2D eigenvalue weighted by molar-refractivity contribution is 6.30. The molecule has 5 aliphatic rings. The van der Waals surface area contributed by atoms with Crippen molar-refractivity contribution in [3.63, 3.8) is 0 Å². The lowest BCUT2D eigenvalue weighted by Gasteiger charge is -2.19. The average Bonchev–Trinajstić information content (AvgIpc) is 1.64. The Labute approximate surface area is 856 Å². The molecule has 15 aromatic heterocycles. The average molecular weight is 2020 g/mol. The van der Waals surface area contributed by atoms with Crippen LogP contribution in [0.15, 0.2) is 311 Å². The number of nitriles is 1. The quantitative estimate of drug-likeness (QED) is 0.0446. The topological polar surface area (TPSA) is 395 Å². The maximum atomic E-state index is 13.7. The molecule has 0 bridgehead atoms. The van der Waals surface area contributed by atoms with Crippen molar-refractivity contribution in [1.29, 1.82) is 5.26 Å². The van der Waals surface area contributed by atoms with E-state index in [0.717, 1.165) is 150 Å². The van der Waals surface area contributed by atoms with E-state index in [4.69, 9.17) is 21.3 Å². The molecule has 149 heavy (non-hydrogen) atoms. The van der Waals surface area contributed by atoms with Gasteiger partial charge in [-0.2, -0.15) is 15.5 Å². The van der Waals surface area contributed by atoms with Crippen molar-refractivity contribution in [3.05, 3.63) is 374 Å². The van der Waals surface area contributed by atoms with E-state index in [-0.39, 0.29) is 106 Å². The van der Waals surface area contributed by atoms with Crippen molar-refractivity contribution in [1.82, 2.24) is 128 Å². The number of carbonyl (C=O) groups excluding carboxylic acids is 5. The van der Waals surface area contributed by atoms with Crippen LogP contribution in [0.3, 0.4) is 0 Å². The van der Waals surface area contributed by atoms with Crippen molar-refractivity contribution in [2.75, 3.05) is 89.9 Å². The molecule has 5 N–H and O–H groups in total. The minimum Gasteiger partial charge on any atom is -0.444 e. The minimum absolute atomic E-state index is 0.00681. The van der Waals surface area contributed by atoms with E-state index in [1.807, 2.05) is 193 Å². The number of halogens is 3. The first-order chi connectivity index (χ1) is 72.8. The number of carbonyl (C=O) groups is 5. The van der Waals surface area contributed by atoms with Crippen molar-refractivity contribution < 1.29 is 37.2 Å². The number of aryl methyl sites for hydroxylation is 3. The number of fused-ring (bicyclic) bond motifs is 5. The number of benzene rings is 5. The van der Waals surface area contributed by atoms with Gasteiger partial charge in [0.15, 0.2) is 46.2 Å². The van der Waals surface area contributed by atoms with E-state index >= 15 is 0 Å². The molecule has 38 nitrogen and oxygen atoms in total. The van der Waals surface area contributed by atoms with Gasteiger partial charge in [-0.15, -0.1) is 10.2 Å². The zero-order valence-electron chi connectivity index (χ0n) is 81.2. The highest BCUT2D eigenvalue weighted by Gasteiger charge is 2.35. The molecule has 25 rings (SSSR count). The predicted octanol–water partition coefficient (Wildman–Crippen LogP) is 13.8. The second-order valence-corrected chi connectivity index (χ2v) is 37.1. The lowest BCUT2D eigenvalue weighted by atomic mass is 10.1. The van der Waals surface area contributed by atoms with Crippen LogP contribution in [0, 0.1) is 43.7 Å². The van der Waals surface area contributed by atoms with E-state index in [0.29, 0.717) is 49.7 Å². The van der Waals surface area contributed by atoms with Crippen molar-refractivity contribution >= 4 is 97.8 Å². The fourth-order valence-corrected chi connectivity index (χ4v) is 19.5. The van der Waals surface area contributed by atoms with Gasteiger partial charge in [-0.25, -0.2) is 67.4 Å². The van der Waals surface area contributed by atoms with Gasteiger partial charge in [-0.1, -0.05) is 66.2 Å². The zero-order valence-corrected chi connectivity index (χ0v) is 82.0. The highest BCUT2D eigenvalue weighted by atomic mass is 35.5. The van der Waals surface area contributed by atoms with Crippen molar-refractivity contribution in [2.24, 2.45) is 0 Å². The molecule has 0 unspecified atom stereocenters. The molecule has 5 aromatic carbocycles. The lowest BCUT2D eigenvalue weighted by Crippen LogP contribution is -2.37. The van der Waals surface area contributed by atoms with Gasteiger partial charge in [0.1, 0.15) is 30.6 Å². The summed E-state index contributed by atoms with van der Waals surface area (Å²) in [7, 11) is 0. The Morgan fingerprint density at radius 1 is 0.383 bits per heavy atom. The third kappa shape index (κ3) is 21.4. The van der Waals surface area contributed by atoms with Crippen LogP contribution in [0.25, 0.3) is 61.8 Å².